The fourth-order valence-electron chi connectivity index (χ4n) is 2.92. The highest BCUT2D eigenvalue weighted by atomic mass is 16.6. The number of ether oxygens (including phenoxy) is 1. The van der Waals surface area contributed by atoms with Crippen LogP contribution in [0.1, 0.15) is 60.3 Å². The number of aliphatic hydroxyl groups is 1. The van der Waals surface area contributed by atoms with Crippen LogP contribution in [0.5, 0.6) is 0 Å². The Hall–Kier alpha value is -0.810. The highest BCUT2D eigenvalue weighted by Crippen LogP contribution is 2.16. The maximum Gasteiger partial charge on any atom is 0.410 e. The summed E-state index contributed by atoms with van der Waals surface area (Å²) in [7, 11) is 0. The molecule has 1 saturated heterocycles. The van der Waals surface area contributed by atoms with Crippen molar-refractivity contribution in [3.05, 3.63) is 0 Å². The maximum absolute atomic E-state index is 12.1. The van der Waals surface area contributed by atoms with Crippen molar-refractivity contribution in [2.24, 2.45) is 5.92 Å². The Morgan fingerprint density at radius 3 is 2.55 bits per heavy atom. The summed E-state index contributed by atoms with van der Waals surface area (Å²) in [5.74, 6) is 0.345. The number of rotatable bonds is 6. The van der Waals surface area contributed by atoms with Crippen LogP contribution < -0.4 is 5.32 Å². The molecule has 0 spiro atoms. The number of amides is 1. The van der Waals surface area contributed by atoms with Crippen LogP contribution in [0.2, 0.25) is 0 Å². The fraction of sp³-hybridized carbons (Fsp3) is 0.941. The first-order valence-corrected chi connectivity index (χ1v) is 8.66. The van der Waals surface area contributed by atoms with E-state index in [2.05, 4.69) is 19.2 Å². The lowest BCUT2D eigenvalue weighted by atomic mass is 9.96. The van der Waals surface area contributed by atoms with Crippen LogP contribution in [0, 0.1) is 5.92 Å². The molecule has 0 aromatic carbocycles. The van der Waals surface area contributed by atoms with E-state index in [1.165, 1.54) is 0 Å². The van der Waals surface area contributed by atoms with Crippen LogP contribution in [0.15, 0.2) is 0 Å². The summed E-state index contributed by atoms with van der Waals surface area (Å²) in [4.78, 5) is 13.9. The zero-order valence-electron chi connectivity index (χ0n) is 14.9. The molecule has 130 valence electrons. The van der Waals surface area contributed by atoms with E-state index in [4.69, 9.17) is 4.74 Å². The van der Waals surface area contributed by atoms with Gasteiger partial charge in [-0.2, -0.15) is 0 Å². The van der Waals surface area contributed by atoms with Crippen LogP contribution in [0.25, 0.3) is 0 Å². The molecule has 1 amide bonds. The largest absolute Gasteiger partial charge is 0.444 e. The van der Waals surface area contributed by atoms with Crippen molar-refractivity contribution in [3.8, 4) is 0 Å². The molecule has 0 aromatic heterocycles. The van der Waals surface area contributed by atoms with E-state index >= 15 is 0 Å². The first-order valence-electron chi connectivity index (χ1n) is 8.66. The molecule has 22 heavy (non-hydrogen) atoms. The van der Waals surface area contributed by atoms with Gasteiger partial charge >= 0.3 is 6.09 Å². The molecular formula is C17H34N2O3. The van der Waals surface area contributed by atoms with Crippen LogP contribution >= 0.6 is 0 Å². The molecule has 1 heterocycles. The van der Waals surface area contributed by atoms with Gasteiger partial charge in [0.15, 0.2) is 0 Å². The van der Waals surface area contributed by atoms with Crippen molar-refractivity contribution in [1.29, 1.82) is 0 Å². The van der Waals surface area contributed by atoms with Gasteiger partial charge < -0.3 is 20.1 Å². The minimum absolute atomic E-state index is 0.237. The van der Waals surface area contributed by atoms with E-state index in [0.29, 0.717) is 19.0 Å². The lowest BCUT2D eigenvalue weighted by Crippen LogP contribution is -2.51. The van der Waals surface area contributed by atoms with Crippen LogP contribution in [0.3, 0.4) is 0 Å². The molecule has 1 aliphatic heterocycles. The van der Waals surface area contributed by atoms with Crippen molar-refractivity contribution in [1.82, 2.24) is 10.2 Å². The van der Waals surface area contributed by atoms with Crippen molar-refractivity contribution < 1.29 is 14.6 Å². The minimum atomic E-state index is -0.455. The summed E-state index contributed by atoms with van der Waals surface area (Å²) < 4.78 is 5.43. The number of carbonyl (C=O) groups excluding carboxylic acids is 1. The molecule has 2 N–H and O–H groups in total. The highest BCUT2D eigenvalue weighted by Gasteiger charge is 2.28. The van der Waals surface area contributed by atoms with Gasteiger partial charge in [-0.3, -0.25) is 0 Å². The third kappa shape index (κ3) is 6.53. The Morgan fingerprint density at radius 1 is 1.36 bits per heavy atom. The van der Waals surface area contributed by atoms with Gasteiger partial charge in [0.05, 0.1) is 6.10 Å². The number of piperidine rings is 1. The molecule has 1 aliphatic rings. The van der Waals surface area contributed by atoms with Gasteiger partial charge in [-0.15, -0.1) is 0 Å². The predicted octanol–water partition coefficient (Wildman–Crippen LogP) is 2.77. The number of likely N-dealkylation sites (tertiary alicyclic amines) is 1. The molecule has 0 aromatic rings. The van der Waals surface area contributed by atoms with Gasteiger partial charge in [-0.25, -0.2) is 4.79 Å². The molecule has 5 heteroatoms. The molecule has 0 bridgehead atoms. The van der Waals surface area contributed by atoms with Crippen LogP contribution in [-0.2, 0) is 4.74 Å². The predicted molar refractivity (Wildman–Crippen MR) is 88.9 cm³/mol. The van der Waals surface area contributed by atoms with Gasteiger partial charge in [-0.1, -0.05) is 26.7 Å². The van der Waals surface area contributed by atoms with Crippen molar-refractivity contribution in [3.63, 3.8) is 0 Å². The Bertz CT molecular complexity index is 337. The van der Waals surface area contributed by atoms with E-state index in [9.17, 15) is 9.90 Å². The zero-order valence-corrected chi connectivity index (χ0v) is 14.9. The average molecular weight is 314 g/mol. The number of nitrogens with zero attached hydrogens (tertiary/aromatic N) is 1. The van der Waals surface area contributed by atoms with Gasteiger partial charge in [0.2, 0.25) is 0 Å². The van der Waals surface area contributed by atoms with E-state index < -0.39 is 5.60 Å². The molecule has 2 atom stereocenters. The summed E-state index contributed by atoms with van der Waals surface area (Å²) in [6.07, 6.45) is 3.45. The second-order valence-electron chi connectivity index (χ2n) is 7.32. The Kier molecular flexibility index (Phi) is 7.63. The van der Waals surface area contributed by atoms with E-state index in [1.54, 1.807) is 4.90 Å². The van der Waals surface area contributed by atoms with Crippen molar-refractivity contribution in [2.75, 3.05) is 19.6 Å². The minimum Gasteiger partial charge on any atom is -0.444 e. The number of nitrogens with one attached hydrogen (secondary N) is 1. The van der Waals surface area contributed by atoms with E-state index in [0.717, 1.165) is 32.2 Å². The summed E-state index contributed by atoms with van der Waals surface area (Å²) in [6.45, 7) is 11.9. The van der Waals surface area contributed by atoms with Gasteiger partial charge in [0.1, 0.15) is 5.60 Å². The molecule has 0 radical (unpaired) electrons. The Labute approximate surface area is 135 Å². The smallest absolute Gasteiger partial charge is 0.410 e. The number of carbonyl (C=O) groups is 1. The number of hydrogen-bond acceptors (Lipinski definition) is 4. The molecule has 0 saturated carbocycles. The normalized spacial score (nSPS) is 21.0. The molecule has 0 aliphatic carbocycles. The molecule has 1 rings (SSSR count). The summed E-state index contributed by atoms with van der Waals surface area (Å²) >= 11 is 0. The van der Waals surface area contributed by atoms with Gasteiger partial charge in [-0.05, 0) is 39.5 Å². The summed E-state index contributed by atoms with van der Waals surface area (Å²) in [6, 6.07) is 0.241. The second-order valence-corrected chi connectivity index (χ2v) is 7.32. The second kappa shape index (κ2) is 8.73. The maximum atomic E-state index is 12.1. The average Bonchev–Trinajstić information content (AvgIpc) is 2.45. The summed E-state index contributed by atoms with van der Waals surface area (Å²) in [5, 5.41) is 13.6. The molecule has 2 unspecified atom stereocenters. The van der Waals surface area contributed by atoms with Crippen molar-refractivity contribution >= 4 is 6.09 Å². The van der Waals surface area contributed by atoms with Gasteiger partial charge in [0.25, 0.3) is 0 Å². The monoisotopic (exact) mass is 314 g/mol. The molecular weight excluding hydrogens is 280 g/mol. The fourth-order valence-corrected chi connectivity index (χ4v) is 2.92. The van der Waals surface area contributed by atoms with Crippen LogP contribution in [0.4, 0.5) is 4.79 Å². The summed E-state index contributed by atoms with van der Waals surface area (Å²) in [5.41, 5.74) is -0.455. The zero-order chi connectivity index (χ0) is 16.8. The Balaban J connectivity index is 2.42. The quantitative estimate of drug-likeness (QED) is 0.791. The number of hydrogen-bond donors (Lipinski definition) is 2. The standard InChI is InChI=1S/C17H34N2O3/c1-6-13(7-2)15(20)11-18-14-9-8-10-19(12-14)16(21)22-17(3,4)5/h13-15,18,20H,6-12H2,1-5H3. The first kappa shape index (κ1) is 19.2. The Morgan fingerprint density at radius 2 is 2.00 bits per heavy atom. The lowest BCUT2D eigenvalue weighted by Gasteiger charge is -2.35. The molecule has 5 nitrogen and oxygen atoms in total. The first-order chi connectivity index (χ1) is 10.3. The molecule has 1 fully saturated rings. The van der Waals surface area contributed by atoms with E-state index in [-0.39, 0.29) is 18.2 Å². The van der Waals surface area contributed by atoms with Gasteiger partial charge in [0, 0.05) is 25.7 Å². The number of aliphatic hydroxyl groups excluding tert-OH is 1. The topological polar surface area (TPSA) is 61.8 Å². The SMILES string of the molecule is CCC(CC)C(O)CNC1CCCN(C(=O)OC(C)(C)C)C1. The third-order valence-corrected chi connectivity index (χ3v) is 4.28. The third-order valence-electron chi connectivity index (χ3n) is 4.28. The highest BCUT2D eigenvalue weighted by molar-refractivity contribution is 5.68. The van der Waals surface area contributed by atoms with E-state index in [1.807, 2.05) is 20.8 Å². The van der Waals surface area contributed by atoms with Crippen molar-refractivity contribution in [2.45, 2.75) is 78.0 Å². The lowest BCUT2D eigenvalue weighted by molar-refractivity contribution is 0.0178. The van der Waals surface area contributed by atoms with Crippen LogP contribution in [-0.4, -0.2) is 53.5 Å².